The highest BCUT2D eigenvalue weighted by molar-refractivity contribution is 5.78. The Labute approximate surface area is 143 Å². The van der Waals surface area contributed by atoms with Crippen molar-refractivity contribution in [3.63, 3.8) is 0 Å². The molecule has 0 spiro atoms. The zero-order valence-corrected chi connectivity index (χ0v) is 14.7. The first-order valence-electron chi connectivity index (χ1n) is 8.38. The summed E-state index contributed by atoms with van der Waals surface area (Å²) in [6, 6.07) is 10.2. The molecule has 1 aliphatic rings. The Morgan fingerprint density at radius 3 is 2.92 bits per heavy atom. The Hall–Kier alpha value is -2.05. The van der Waals surface area contributed by atoms with Crippen LogP contribution in [0, 0.1) is 0 Å². The average Bonchev–Trinajstić information content (AvgIpc) is 2.97. The first-order chi connectivity index (χ1) is 11.5. The van der Waals surface area contributed by atoms with E-state index in [2.05, 4.69) is 29.2 Å². The zero-order chi connectivity index (χ0) is 17.1. The van der Waals surface area contributed by atoms with Crippen molar-refractivity contribution in [1.82, 2.24) is 20.0 Å². The van der Waals surface area contributed by atoms with Crippen molar-refractivity contribution < 1.29 is 9.21 Å². The fourth-order valence-electron chi connectivity index (χ4n) is 3.08. The van der Waals surface area contributed by atoms with E-state index in [9.17, 15) is 4.79 Å². The van der Waals surface area contributed by atoms with Crippen LogP contribution in [0.15, 0.2) is 34.7 Å². The summed E-state index contributed by atoms with van der Waals surface area (Å²) in [5, 5.41) is 4.10. The quantitative estimate of drug-likeness (QED) is 0.929. The molecule has 1 unspecified atom stereocenters. The lowest BCUT2D eigenvalue weighted by molar-refractivity contribution is 0.113. The third kappa shape index (κ3) is 3.88. The van der Waals surface area contributed by atoms with E-state index in [1.54, 1.807) is 11.9 Å². The van der Waals surface area contributed by atoms with Crippen LogP contribution < -0.4 is 5.32 Å². The van der Waals surface area contributed by atoms with Crippen molar-refractivity contribution in [3.05, 3.63) is 36.1 Å². The van der Waals surface area contributed by atoms with Crippen LogP contribution in [0.1, 0.15) is 5.76 Å². The van der Waals surface area contributed by atoms with Gasteiger partial charge in [-0.15, -0.1) is 0 Å². The SMILES string of the molecule is CN1CCN(C)C(CNC(=O)N(C)Cc2cc3ccccc3o2)C1. The topological polar surface area (TPSA) is 52.0 Å². The number of piperazine rings is 1. The van der Waals surface area contributed by atoms with Gasteiger partial charge >= 0.3 is 6.03 Å². The first kappa shape index (κ1) is 16.8. The van der Waals surface area contributed by atoms with Gasteiger partial charge in [0.25, 0.3) is 0 Å². The zero-order valence-electron chi connectivity index (χ0n) is 14.7. The molecule has 1 aromatic carbocycles. The van der Waals surface area contributed by atoms with E-state index in [4.69, 9.17) is 4.42 Å². The van der Waals surface area contributed by atoms with Gasteiger partial charge in [0.1, 0.15) is 11.3 Å². The minimum atomic E-state index is -0.0721. The molecule has 2 heterocycles. The number of para-hydroxylation sites is 1. The summed E-state index contributed by atoms with van der Waals surface area (Å²) in [5.41, 5.74) is 0.855. The van der Waals surface area contributed by atoms with Gasteiger partial charge in [-0.05, 0) is 26.2 Å². The maximum absolute atomic E-state index is 12.3. The molecule has 2 amide bonds. The Morgan fingerprint density at radius 2 is 2.12 bits per heavy atom. The lowest BCUT2D eigenvalue weighted by Crippen LogP contribution is -2.55. The van der Waals surface area contributed by atoms with Crippen molar-refractivity contribution in [2.24, 2.45) is 0 Å². The van der Waals surface area contributed by atoms with Crippen LogP contribution in [-0.4, -0.2) is 74.1 Å². The van der Waals surface area contributed by atoms with E-state index in [1.165, 1.54) is 0 Å². The molecule has 1 N–H and O–H groups in total. The minimum absolute atomic E-state index is 0.0721. The van der Waals surface area contributed by atoms with Crippen molar-refractivity contribution in [2.45, 2.75) is 12.6 Å². The molecule has 6 heteroatoms. The maximum Gasteiger partial charge on any atom is 0.317 e. The van der Waals surface area contributed by atoms with Crippen molar-refractivity contribution in [3.8, 4) is 0 Å². The molecule has 2 aromatic rings. The Kier molecular flexibility index (Phi) is 5.06. The van der Waals surface area contributed by atoms with E-state index in [0.29, 0.717) is 19.1 Å². The van der Waals surface area contributed by atoms with Gasteiger partial charge in [-0.25, -0.2) is 4.79 Å². The van der Waals surface area contributed by atoms with Gasteiger partial charge in [0.05, 0.1) is 6.54 Å². The molecule has 0 aliphatic carbocycles. The molecule has 1 aromatic heterocycles. The van der Waals surface area contributed by atoms with E-state index in [1.807, 2.05) is 30.3 Å². The second-order valence-electron chi connectivity index (χ2n) is 6.69. The van der Waals surface area contributed by atoms with Gasteiger partial charge in [-0.2, -0.15) is 0 Å². The maximum atomic E-state index is 12.3. The van der Waals surface area contributed by atoms with E-state index in [0.717, 1.165) is 36.4 Å². The van der Waals surface area contributed by atoms with Crippen LogP contribution in [0.25, 0.3) is 11.0 Å². The minimum Gasteiger partial charge on any atom is -0.459 e. The molecule has 1 fully saturated rings. The van der Waals surface area contributed by atoms with Crippen LogP contribution in [0.4, 0.5) is 4.79 Å². The predicted octanol–water partition coefficient (Wildman–Crippen LogP) is 1.82. The number of carbonyl (C=O) groups is 1. The summed E-state index contributed by atoms with van der Waals surface area (Å²) in [5.74, 6) is 0.795. The summed E-state index contributed by atoms with van der Waals surface area (Å²) in [4.78, 5) is 18.6. The van der Waals surface area contributed by atoms with Crippen LogP contribution >= 0.6 is 0 Å². The average molecular weight is 330 g/mol. The van der Waals surface area contributed by atoms with Gasteiger partial charge in [0.2, 0.25) is 0 Å². The van der Waals surface area contributed by atoms with Crippen LogP contribution in [0.3, 0.4) is 0 Å². The number of hydrogen-bond acceptors (Lipinski definition) is 4. The standard InChI is InChI=1S/C18H26N4O2/c1-20-8-9-21(2)15(12-20)11-19-18(23)22(3)13-16-10-14-6-4-5-7-17(14)24-16/h4-7,10,15H,8-9,11-13H2,1-3H3,(H,19,23). The number of hydrogen-bond donors (Lipinski definition) is 1. The number of amides is 2. The van der Waals surface area contributed by atoms with Crippen LogP contribution in [0.2, 0.25) is 0 Å². The Balaban J connectivity index is 1.52. The Bertz CT molecular complexity index is 666. The number of rotatable bonds is 4. The van der Waals surface area contributed by atoms with E-state index in [-0.39, 0.29) is 6.03 Å². The summed E-state index contributed by atoms with van der Waals surface area (Å²) < 4.78 is 5.78. The van der Waals surface area contributed by atoms with Gasteiger partial charge in [0.15, 0.2) is 0 Å². The highest BCUT2D eigenvalue weighted by Crippen LogP contribution is 2.19. The molecule has 6 nitrogen and oxygen atoms in total. The molecule has 1 atom stereocenters. The van der Waals surface area contributed by atoms with E-state index >= 15 is 0 Å². The molecular weight excluding hydrogens is 304 g/mol. The summed E-state index contributed by atoms with van der Waals surface area (Å²) in [7, 11) is 6.02. The number of benzene rings is 1. The molecule has 3 rings (SSSR count). The molecule has 1 aliphatic heterocycles. The molecule has 24 heavy (non-hydrogen) atoms. The van der Waals surface area contributed by atoms with Crippen LogP contribution in [-0.2, 0) is 6.54 Å². The van der Waals surface area contributed by atoms with Crippen molar-refractivity contribution >= 4 is 17.0 Å². The van der Waals surface area contributed by atoms with Gasteiger partial charge in [-0.1, -0.05) is 18.2 Å². The second-order valence-corrected chi connectivity index (χ2v) is 6.69. The molecular formula is C18H26N4O2. The number of fused-ring (bicyclic) bond motifs is 1. The summed E-state index contributed by atoms with van der Waals surface area (Å²) in [6.07, 6.45) is 0. The fourth-order valence-corrected chi connectivity index (χ4v) is 3.08. The predicted molar refractivity (Wildman–Crippen MR) is 95.0 cm³/mol. The largest absolute Gasteiger partial charge is 0.459 e. The lowest BCUT2D eigenvalue weighted by atomic mass is 10.2. The number of carbonyl (C=O) groups excluding carboxylic acids is 1. The number of urea groups is 1. The third-order valence-electron chi connectivity index (χ3n) is 4.69. The molecule has 0 bridgehead atoms. The van der Waals surface area contributed by atoms with Gasteiger partial charge < -0.3 is 19.5 Å². The first-order valence-corrected chi connectivity index (χ1v) is 8.38. The van der Waals surface area contributed by atoms with Gasteiger partial charge in [-0.3, -0.25) is 4.90 Å². The number of likely N-dealkylation sites (N-methyl/N-ethyl adjacent to an activating group) is 2. The van der Waals surface area contributed by atoms with Crippen LogP contribution in [0.5, 0.6) is 0 Å². The summed E-state index contributed by atoms with van der Waals surface area (Å²) in [6.45, 7) is 4.20. The molecule has 1 saturated heterocycles. The molecule has 0 saturated carbocycles. The normalized spacial score (nSPS) is 19.5. The Morgan fingerprint density at radius 1 is 1.33 bits per heavy atom. The molecule has 0 radical (unpaired) electrons. The third-order valence-corrected chi connectivity index (χ3v) is 4.69. The number of furan rings is 1. The second kappa shape index (κ2) is 7.23. The monoisotopic (exact) mass is 330 g/mol. The van der Waals surface area contributed by atoms with Gasteiger partial charge in [0, 0.05) is 44.7 Å². The molecule has 130 valence electrons. The van der Waals surface area contributed by atoms with E-state index < -0.39 is 0 Å². The lowest BCUT2D eigenvalue weighted by Gasteiger charge is -2.37. The fraction of sp³-hybridized carbons (Fsp3) is 0.500. The summed E-state index contributed by atoms with van der Waals surface area (Å²) >= 11 is 0. The van der Waals surface area contributed by atoms with Crippen molar-refractivity contribution in [1.29, 1.82) is 0 Å². The highest BCUT2D eigenvalue weighted by atomic mass is 16.3. The van der Waals surface area contributed by atoms with Crippen molar-refractivity contribution in [2.75, 3.05) is 47.3 Å². The smallest absolute Gasteiger partial charge is 0.317 e. The highest BCUT2D eigenvalue weighted by Gasteiger charge is 2.23. The number of nitrogens with one attached hydrogen (secondary N) is 1. The number of nitrogens with zero attached hydrogens (tertiary/aromatic N) is 3.